The standard InChI is InChI=1S/C19H16F2N6O2/c1-11(26-17(28)19(2,20)21)16(14-8-23-18(29-3)24-9-14)27-15-5-4-12(7-22)6-13(15)10-25-27/h4-6,8-10,16H,1-3H3/t16-/m0/s1. The Hall–Kier alpha value is -3.74. The molecule has 1 amide bonds. The largest absolute Gasteiger partial charge is 0.467 e. The summed E-state index contributed by atoms with van der Waals surface area (Å²) in [6.07, 6.45) is 4.43. The van der Waals surface area contributed by atoms with Crippen molar-refractivity contribution in [3.05, 3.63) is 47.9 Å². The average Bonchev–Trinajstić information content (AvgIpc) is 3.10. The van der Waals surface area contributed by atoms with Crippen molar-refractivity contribution in [1.29, 1.82) is 5.26 Å². The molecule has 0 bridgehead atoms. The molecule has 0 saturated heterocycles. The molecule has 0 N–H and O–H groups in total. The zero-order valence-electron chi connectivity index (χ0n) is 15.8. The molecule has 10 heteroatoms. The predicted molar refractivity (Wildman–Crippen MR) is 99.9 cm³/mol. The Labute approximate surface area is 164 Å². The average molecular weight is 398 g/mol. The van der Waals surface area contributed by atoms with E-state index < -0.39 is 17.9 Å². The molecule has 0 radical (unpaired) electrons. The van der Waals surface area contributed by atoms with Gasteiger partial charge in [-0.3, -0.25) is 9.48 Å². The zero-order valence-corrected chi connectivity index (χ0v) is 15.8. The van der Waals surface area contributed by atoms with Gasteiger partial charge in [0.1, 0.15) is 6.04 Å². The number of aromatic nitrogens is 4. The fourth-order valence-corrected chi connectivity index (χ4v) is 2.78. The van der Waals surface area contributed by atoms with E-state index in [-0.39, 0.29) is 11.7 Å². The third-order valence-electron chi connectivity index (χ3n) is 4.16. The Morgan fingerprint density at radius 3 is 2.59 bits per heavy atom. The van der Waals surface area contributed by atoms with Crippen molar-refractivity contribution >= 4 is 22.5 Å². The molecule has 148 valence electrons. The van der Waals surface area contributed by atoms with Crippen LogP contribution in [0.5, 0.6) is 6.01 Å². The number of methoxy groups -OCH3 is 1. The summed E-state index contributed by atoms with van der Waals surface area (Å²) >= 11 is 0. The summed E-state index contributed by atoms with van der Waals surface area (Å²) in [5.41, 5.74) is 1.62. The molecule has 0 aliphatic heterocycles. The SMILES string of the molecule is COc1ncc([C@H](C(C)=NC(=O)C(C)(F)F)n2ncc3cc(C#N)ccc32)cn1. The van der Waals surface area contributed by atoms with Crippen molar-refractivity contribution in [1.82, 2.24) is 19.7 Å². The van der Waals surface area contributed by atoms with Gasteiger partial charge in [0.25, 0.3) is 0 Å². The smallest absolute Gasteiger partial charge is 0.324 e. The molecule has 3 aromatic rings. The molecule has 29 heavy (non-hydrogen) atoms. The lowest BCUT2D eigenvalue weighted by Crippen LogP contribution is -2.27. The van der Waals surface area contributed by atoms with Crippen LogP contribution in [0.1, 0.15) is 31.0 Å². The molecule has 0 aliphatic carbocycles. The van der Waals surface area contributed by atoms with Gasteiger partial charge in [-0.05, 0) is 25.1 Å². The quantitative estimate of drug-likeness (QED) is 0.612. The minimum absolute atomic E-state index is 0.0830. The van der Waals surface area contributed by atoms with Crippen molar-refractivity contribution in [3.63, 3.8) is 0 Å². The number of amides is 1. The van der Waals surface area contributed by atoms with Crippen molar-refractivity contribution < 1.29 is 18.3 Å². The van der Waals surface area contributed by atoms with Gasteiger partial charge in [-0.15, -0.1) is 0 Å². The predicted octanol–water partition coefficient (Wildman–Crippen LogP) is 2.94. The molecule has 0 saturated carbocycles. The summed E-state index contributed by atoms with van der Waals surface area (Å²) in [6, 6.07) is 6.29. The second-order valence-corrected chi connectivity index (χ2v) is 6.33. The lowest BCUT2D eigenvalue weighted by Gasteiger charge is -2.19. The molecule has 1 aromatic carbocycles. The first-order chi connectivity index (χ1) is 13.7. The number of nitriles is 1. The minimum Gasteiger partial charge on any atom is -0.467 e. The number of hydrogen-bond acceptors (Lipinski definition) is 6. The first-order valence-corrected chi connectivity index (χ1v) is 8.45. The first-order valence-electron chi connectivity index (χ1n) is 8.45. The van der Waals surface area contributed by atoms with E-state index in [1.54, 1.807) is 18.2 Å². The summed E-state index contributed by atoms with van der Waals surface area (Å²) in [5, 5.41) is 14.1. The highest BCUT2D eigenvalue weighted by Gasteiger charge is 2.33. The molecular formula is C19H16F2N6O2. The van der Waals surface area contributed by atoms with E-state index in [0.717, 1.165) is 0 Å². The number of benzene rings is 1. The van der Waals surface area contributed by atoms with Gasteiger partial charge >= 0.3 is 17.8 Å². The Bertz CT molecular complexity index is 1130. The van der Waals surface area contributed by atoms with Gasteiger partial charge < -0.3 is 4.74 Å². The highest BCUT2D eigenvalue weighted by Crippen LogP contribution is 2.26. The monoisotopic (exact) mass is 398 g/mol. The van der Waals surface area contributed by atoms with Gasteiger partial charge in [-0.2, -0.15) is 19.1 Å². The number of aliphatic imine (C=N–C) groups is 1. The van der Waals surface area contributed by atoms with Crippen LogP contribution < -0.4 is 4.74 Å². The van der Waals surface area contributed by atoms with E-state index in [1.165, 1.54) is 37.3 Å². The molecule has 2 heterocycles. The number of ether oxygens (including phenoxy) is 1. The lowest BCUT2D eigenvalue weighted by atomic mass is 10.1. The number of carbonyl (C=O) groups excluding carboxylic acids is 1. The molecular weight excluding hydrogens is 382 g/mol. The maximum atomic E-state index is 13.4. The van der Waals surface area contributed by atoms with Crippen molar-refractivity contribution in [2.75, 3.05) is 7.11 Å². The molecule has 3 rings (SSSR count). The van der Waals surface area contributed by atoms with E-state index >= 15 is 0 Å². The molecule has 0 spiro atoms. The van der Waals surface area contributed by atoms with Crippen LogP contribution in [-0.4, -0.2) is 44.4 Å². The second kappa shape index (κ2) is 7.71. The molecule has 1 atom stereocenters. The van der Waals surface area contributed by atoms with Crippen LogP contribution in [0.25, 0.3) is 10.9 Å². The van der Waals surface area contributed by atoms with Gasteiger partial charge in [0.05, 0.1) is 30.5 Å². The van der Waals surface area contributed by atoms with Crippen LogP contribution in [0.4, 0.5) is 8.78 Å². The van der Waals surface area contributed by atoms with Crippen molar-refractivity contribution in [2.24, 2.45) is 4.99 Å². The number of fused-ring (bicyclic) bond motifs is 1. The van der Waals surface area contributed by atoms with E-state index in [0.29, 0.717) is 29.0 Å². The van der Waals surface area contributed by atoms with Crippen LogP contribution in [-0.2, 0) is 4.79 Å². The number of alkyl halides is 2. The number of halogens is 2. The summed E-state index contributed by atoms with van der Waals surface area (Å²) in [7, 11) is 1.41. The summed E-state index contributed by atoms with van der Waals surface area (Å²) in [4.78, 5) is 23.4. The van der Waals surface area contributed by atoms with Crippen molar-refractivity contribution in [3.8, 4) is 12.1 Å². The Morgan fingerprint density at radius 2 is 2.00 bits per heavy atom. The van der Waals surface area contributed by atoms with Crippen LogP contribution >= 0.6 is 0 Å². The van der Waals surface area contributed by atoms with Crippen LogP contribution in [0.2, 0.25) is 0 Å². The molecule has 2 aromatic heterocycles. The van der Waals surface area contributed by atoms with Gasteiger partial charge in [0.2, 0.25) is 0 Å². The van der Waals surface area contributed by atoms with Crippen LogP contribution in [0.15, 0.2) is 41.8 Å². The highest BCUT2D eigenvalue weighted by atomic mass is 19.3. The molecule has 0 aliphatic rings. The van der Waals surface area contributed by atoms with Gasteiger partial charge in [-0.1, -0.05) is 0 Å². The minimum atomic E-state index is -3.60. The number of nitrogens with zero attached hydrogens (tertiary/aromatic N) is 6. The number of carbonyl (C=O) groups is 1. The fraction of sp³-hybridized carbons (Fsp3) is 0.263. The lowest BCUT2D eigenvalue weighted by molar-refractivity contribution is -0.139. The third kappa shape index (κ3) is 4.08. The van der Waals surface area contributed by atoms with Gasteiger partial charge in [0, 0.05) is 36.0 Å². The topological polar surface area (TPSA) is 106 Å². The molecule has 8 nitrogen and oxygen atoms in total. The molecule has 0 fully saturated rings. The second-order valence-electron chi connectivity index (χ2n) is 6.33. The maximum Gasteiger partial charge on any atom is 0.324 e. The Balaban J connectivity index is 2.16. The first kappa shape index (κ1) is 20.0. The normalized spacial score (nSPS) is 13.2. The Kier molecular flexibility index (Phi) is 5.32. The zero-order chi connectivity index (χ0) is 21.2. The summed E-state index contributed by atoms with van der Waals surface area (Å²) in [6.45, 7) is 1.94. The summed E-state index contributed by atoms with van der Waals surface area (Å²) in [5.74, 6) is -5.16. The van der Waals surface area contributed by atoms with Crippen molar-refractivity contribution in [2.45, 2.75) is 25.8 Å². The van der Waals surface area contributed by atoms with E-state index in [4.69, 9.17) is 10.00 Å². The van der Waals surface area contributed by atoms with E-state index in [9.17, 15) is 13.6 Å². The number of rotatable bonds is 5. The van der Waals surface area contributed by atoms with Crippen LogP contribution in [0.3, 0.4) is 0 Å². The van der Waals surface area contributed by atoms with Gasteiger partial charge in [-0.25, -0.2) is 15.0 Å². The van der Waals surface area contributed by atoms with E-state index in [1.807, 2.05) is 6.07 Å². The third-order valence-corrected chi connectivity index (χ3v) is 4.16. The van der Waals surface area contributed by atoms with E-state index in [2.05, 4.69) is 20.1 Å². The van der Waals surface area contributed by atoms with Gasteiger partial charge in [0.15, 0.2) is 0 Å². The van der Waals surface area contributed by atoms with Crippen LogP contribution in [0, 0.1) is 11.3 Å². The summed E-state index contributed by atoms with van der Waals surface area (Å²) < 4.78 is 33.2. The Morgan fingerprint density at radius 1 is 1.31 bits per heavy atom. The maximum absolute atomic E-state index is 13.4. The number of hydrogen-bond donors (Lipinski definition) is 0. The fourth-order valence-electron chi connectivity index (χ4n) is 2.78. The highest BCUT2D eigenvalue weighted by molar-refractivity contribution is 6.00. The molecule has 0 unspecified atom stereocenters.